The number of carboxylic acid groups (broad SMARTS) is 1. The van der Waals surface area contributed by atoms with Gasteiger partial charge in [0.05, 0.1) is 19.4 Å². The fraction of sp³-hybridized carbons (Fsp3) is 0.600. The lowest BCUT2D eigenvalue weighted by atomic mass is 9.62. The maximum absolute atomic E-state index is 14.4. The minimum Gasteiger partial charge on any atom is -0.481 e. The fourth-order valence-electron chi connectivity index (χ4n) is 9.19. The van der Waals surface area contributed by atoms with Crippen LogP contribution in [0.2, 0.25) is 10.0 Å². The van der Waals surface area contributed by atoms with E-state index >= 15 is 0 Å². The van der Waals surface area contributed by atoms with Crippen LogP contribution in [0.1, 0.15) is 148 Å². The summed E-state index contributed by atoms with van der Waals surface area (Å²) in [6.07, 6.45) is 5.46. The van der Waals surface area contributed by atoms with Gasteiger partial charge in [-0.15, -0.1) is 0 Å². The molecule has 4 aliphatic rings. The summed E-state index contributed by atoms with van der Waals surface area (Å²) in [5.74, 6) is -7.53. The van der Waals surface area contributed by atoms with Crippen LogP contribution in [-0.2, 0) is 47.6 Å². The van der Waals surface area contributed by atoms with Crippen molar-refractivity contribution < 1.29 is 46.6 Å². The van der Waals surface area contributed by atoms with Crippen molar-refractivity contribution in [3.63, 3.8) is 0 Å². The Hall–Kier alpha value is -3.90. The third-order valence-electron chi connectivity index (χ3n) is 13.1. The minimum absolute atomic E-state index is 0.0220. The van der Waals surface area contributed by atoms with Crippen LogP contribution in [0.5, 0.6) is 0 Å². The molecule has 0 radical (unpaired) electrons. The standard InChI is InChI=1S/C26H34ClF2NO3.C24H30ClF2NO3/c1-5-33-23(32)9-13-30-17-20-15-26(28,29)12-11-25(20,16-22(30)31)19-7-6-18(21(27)14-19)8-10-24(2,3)4;1-22(2,3)8-6-16-4-5-17(12-19(16)25)23-9-10-24(26,27)13-18(23)15-28(20(29)14-23)11-7-21(30)31/h6-7,14,17H,5,8-13,15-16H2,1-4H3;4-5,12,15H,6-11,13-14H2,1-3H3,(H,30,31). The third-order valence-corrected chi connectivity index (χ3v) is 13.8. The van der Waals surface area contributed by atoms with Crippen molar-refractivity contribution in [2.75, 3.05) is 19.7 Å². The smallest absolute Gasteiger partial charge is 0.307 e. The summed E-state index contributed by atoms with van der Waals surface area (Å²) in [4.78, 5) is 51.2. The van der Waals surface area contributed by atoms with Crippen molar-refractivity contribution in [1.29, 1.82) is 0 Å². The number of alkyl halides is 4. The first-order chi connectivity index (χ1) is 29.7. The topological polar surface area (TPSA) is 104 Å². The van der Waals surface area contributed by atoms with Crippen molar-refractivity contribution in [2.45, 2.75) is 161 Å². The number of allylic oxidation sites excluding steroid dienone is 2. The van der Waals surface area contributed by atoms with Gasteiger partial charge in [0, 0.05) is 84.9 Å². The van der Waals surface area contributed by atoms with Gasteiger partial charge in [0.1, 0.15) is 0 Å². The van der Waals surface area contributed by atoms with Crippen LogP contribution in [0.3, 0.4) is 0 Å². The molecule has 2 aliphatic carbocycles. The Labute approximate surface area is 385 Å². The highest BCUT2D eigenvalue weighted by molar-refractivity contribution is 6.31. The lowest BCUT2D eigenvalue weighted by Gasteiger charge is -2.46. The lowest BCUT2D eigenvalue weighted by Crippen LogP contribution is -2.47. The highest BCUT2D eigenvalue weighted by Crippen LogP contribution is 2.55. The molecule has 352 valence electrons. The molecule has 2 heterocycles. The number of esters is 1. The van der Waals surface area contributed by atoms with Gasteiger partial charge in [-0.05, 0) is 102 Å². The zero-order chi connectivity index (χ0) is 47.5. The van der Waals surface area contributed by atoms with E-state index in [9.17, 15) is 36.7 Å². The van der Waals surface area contributed by atoms with Crippen LogP contribution in [0, 0.1) is 10.8 Å². The number of halogens is 6. The van der Waals surface area contributed by atoms with Crippen LogP contribution in [0.25, 0.3) is 0 Å². The van der Waals surface area contributed by atoms with Gasteiger partial charge in [0.15, 0.2) is 0 Å². The number of carboxylic acids is 1. The Morgan fingerprint density at radius 1 is 0.672 bits per heavy atom. The summed E-state index contributed by atoms with van der Waals surface area (Å²) in [5, 5.41) is 10.1. The zero-order valence-electron chi connectivity index (χ0n) is 38.3. The molecule has 64 heavy (non-hydrogen) atoms. The van der Waals surface area contributed by atoms with Gasteiger partial charge >= 0.3 is 11.9 Å². The van der Waals surface area contributed by atoms with Crippen molar-refractivity contribution in [2.24, 2.45) is 10.8 Å². The van der Waals surface area contributed by atoms with E-state index in [1.54, 1.807) is 13.1 Å². The van der Waals surface area contributed by atoms with Crippen LogP contribution in [0.4, 0.5) is 17.6 Å². The van der Waals surface area contributed by atoms with Gasteiger partial charge in [-0.2, -0.15) is 0 Å². The molecule has 2 aliphatic heterocycles. The highest BCUT2D eigenvalue weighted by Gasteiger charge is 2.53. The van der Waals surface area contributed by atoms with E-state index in [1.165, 1.54) is 16.0 Å². The second kappa shape index (κ2) is 19.9. The number of aliphatic carboxylic acids is 1. The molecule has 2 amide bonds. The van der Waals surface area contributed by atoms with Crippen molar-refractivity contribution in [3.8, 4) is 0 Å². The predicted molar refractivity (Wildman–Crippen MR) is 242 cm³/mol. The second-order valence-electron chi connectivity index (χ2n) is 20.5. The summed E-state index contributed by atoms with van der Waals surface area (Å²) >= 11 is 13.2. The average molecular weight is 936 g/mol. The van der Waals surface area contributed by atoms with Crippen LogP contribution >= 0.6 is 23.2 Å². The minimum atomic E-state index is -2.84. The molecule has 2 atom stereocenters. The Balaban J connectivity index is 0.000000241. The number of benzene rings is 2. The Kier molecular flexibility index (Phi) is 15.9. The second-order valence-corrected chi connectivity index (χ2v) is 21.3. The first-order valence-corrected chi connectivity index (χ1v) is 23.1. The van der Waals surface area contributed by atoms with Gasteiger partial charge < -0.3 is 19.6 Å². The monoisotopic (exact) mass is 934 g/mol. The van der Waals surface area contributed by atoms with Crippen LogP contribution < -0.4 is 0 Å². The number of rotatable bonds is 13. The van der Waals surface area contributed by atoms with E-state index in [2.05, 4.69) is 41.5 Å². The molecule has 2 aromatic carbocycles. The molecule has 8 nitrogen and oxygen atoms in total. The summed E-state index contributed by atoms with van der Waals surface area (Å²) < 4.78 is 62.3. The molecule has 6 rings (SSSR count). The SMILES string of the molecule is CC(C)(C)CCc1ccc(C23CCC(F)(F)CC2=CN(CCC(=O)O)C(=O)C3)cc1Cl.CCOC(=O)CCN1C=C2CC(F)(F)CCC2(c2ccc(CCC(C)(C)C)c(Cl)c2)CC1=O. The van der Waals surface area contributed by atoms with Gasteiger partial charge in [-0.3, -0.25) is 19.2 Å². The van der Waals surface area contributed by atoms with Crippen molar-refractivity contribution >= 4 is 47.0 Å². The molecule has 0 saturated heterocycles. The number of carbonyl (C=O) groups excluding carboxylic acids is 3. The molecule has 0 spiro atoms. The van der Waals surface area contributed by atoms with Gasteiger partial charge in [0.25, 0.3) is 11.8 Å². The van der Waals surface area contributed by atoms with Gasteiger partial charge in [-0.25, -0.2) is 17.6 Å². The maximum atomic E-state index is 14.4. The number of nitrogens with zero attached hydrogens (tertiary/aromatic N) is 2. The molecular weight excluding hydrogens is 871 g/mol. The normalized spacial score (nSPS) is 23.0. The number of carbonyl (C=O) groups is 4. The molecular formula is C50H64Cl2F4N2O6. The zero-order valence-corrected chi connectivity index (χ0v) is 39.8. The number of fused-ring (bicyclic) bond motifs is 2. The molecule has 1 N–H and O–H groups in total. The first kappa shape index (κ1) is 51.1. The lowest BCUT2D eigenvalue weighted by molar-refractivity contribution is -0.144. The Morgan fingerprint density at radius 2 is 1.08 bits per heavy atom. The summed E-state index contributed by atoms with van der Waals surface area (Å²) in [6, 6.07) is 11.5. The molecule has 2 unspecified atom stereocenters. The van der Waals surface area contributed by atoms with E-state index in [0.717, 1.165) is 47.9 Å². The molecule has 2 fully saturated rings. The van der Waals surface area contributed by atoms with Crippen LogP contribution in [-0.4, -0.2) is 70.2 Å². The summed E-state index contributed by atoms with van der Waals surface area (Å²) in [7, 11) is 0. The van der Waals surface area contributed by atoms with Gasteiger partial charge in [0.2, 0.25) is 11.8 Å². The van der Waals surface area contributed by atoms with E-state index < -0.39 is 47.5 Å². The quantitative estimate of drug-likeness (QED) is 0.158. The van der Waals surface area contributed by atoms with Crippen molar-refractivity contribution in [1.82, 2.24) is 9.80 Å². The van der Waals surface area contributed by atoms with Crippen molar-refractivity contribution in [3.05, 3.63) is 92.2 Å². The largest absolute Gasteiger partial charge is 0.481 e. The van der Waals surface area contributed by atoms with Crippen LogP contribution in [0.15, 0.2) is 59.9 Å². The number of aryl methyl sites for hydroxylation is 2. The first-order valence-electron chi connectivity index (χ1n) is 22.4. The number of amides is 2. The predicted octanol–water partition coefficient (Wildman–Crippen LogP) is 12.4. The summed E-state index contributed by atoms with van der Waals surface area (Å²) in [5.41, 5.74) is 3.38. The number of hydrogen-bond donors (Lipinski definition) is 1. The maximum Gasteiger partial charge on any atom is 0.307 e. The Morgan fingerprint density at radius 3 is 1.44 bits per heavy atom. The van der Waals surface area contributed by atoms with E-state index in [-0.39, 0.29) is 93.7 Å². The summed E-state index contributed by atoms with van der Waals surface area (Å²) in [6.45, 7) is 15.1. The highest BCUT2D eigenvalue weighted by atomic mass is 35.5. The fourth-order valence-corrected chi connectivity index (χ4v) is 9.74. The van der Waals surface area contributed by atoms with E-state index in [0.29, 0.717) is 21.2 Å². The third kappa shape index (κ3) is 12.9. The Bertz CT molecular complexity index is 2140. The number of hydrogen-bond acceptors (Lipinski definition) is 5. The molecule has 2 saturated carbocycles. The average Bonchev–Trinajstić information content (AvgIpc) is 3.18. The molecule has 14 heteroatoms. The van der Waals surface area contributed by atoms with Gasteiger partial charge in [-0.1, -0.05) is 89.0 Å². The molecule has 0 aromatic heterocycles. The molecule has 0 bridgehead atoms. The van der Waals surface area contributed by atoms with E-state index in [4.69, 9.17) is 33.0 Å². The number of ether oxygens (including phenoxy) is 1. The molecule has 2 aromatic rings. The van der Waals surface area contributed by atoms with E-state index in [1.807, 2.05) is 36.4 Å².